The highest BCUT2D eigenvalue weighted by atomic mass is 16.3. The smallest absolute Gasteiger partial charge is 0.119 e. The molecular weight excluding hydrogens is 162 g/mol. The Morgan fingerprint density at radius 2 is 1.92 bits per heavy atom. The van der Waals surface area contributed by atoms with Crippen LogP contribution in [0.1, 0.15) is 31.9 Å². The second-order valence-corrected chi connectivity index (χ2v) is 4.09. The lowest BCUT2D eigenvalue weighted by molar-refractivity contribution is 0.446. The van der Waals surface area contributed by atoms with Gasteiger partial charge in [0.1, 0.15) is 5.75 Å². The fourth-order valence-electron chi connectivity index (χ4n) is 1.21. The molecule has 0 unspecified atom stereocenters. The molecule has 0 radical (unpaired) electrons. The van der Waals surface area contributed by atoms with Gasteiger partial charge in [0.05, 0.1) is 11.6 Å². The van der Waals surface area contributed by atoms with Crippen LogP contribution in [0.5, 0.6) is 5.75 Å². The molecule has 0 aromatic heterocycles. The molecule has 0 heterocycles. The quantitative estimate of drug-likeness (QED) is 0.658. The summed E-state index contributed by atoms with van der Waals surface area (Å²) in [5.41, 5.74) is 1.27. The zero-order chi connectivity index (χ0) is 10.1. The highest BCUT2D eigenvalue weighted by molar-refractivity contribution is 5.44. The number of hydrogen-bond acceptors (Lipinski definition) is 2. The summed E-state index contributed by atoms with van der Waals surface area (Å²) in [5.74, 6) is 0.256. The summed E-state index contributed by atoms with van der Waals surface area (Å²) in [6, 6.07) is 6.97. The molecule has 1 aromatic carbocycles. The third-order valence-corrected chi connectivity index (χ3v) is 1.93. The van der Waals surface area contributed by atoms with Crippen LogP contribution in [0, 0.1) is 11.3 Å². The molecule has 2 heteroatoms. The van der Waals surface area contributed by atoms with Gasteiger partial charge in [0, 0.05) is 5.56 Å². The number of rotatable bonds is 0. The largest absolute Gasteiger partial charge is 0.508 e. The summed E-state index contributed by atoms with van der Waals surface area (Å²) < 4.78 is 0. The van der Waals surface area contributed by atoms with E-state index in [-0.39, 0.29) is 11.2 Å². The van der Waals surface area contributed by atoms with Crippen LogP contribution in [0.15, 0.2) is 18.2 Å². The van der Waals surface area contributed by atoms with Crippen molar-refractivity contribution in [2.75, 3.05) is 0 Å². The first-order valence-electron chi connectivity index (χ1n) is 4.19. The third-order valence-electron chi connectivity index (χ3n) is 1.93. The molecule has 0 bridgehead atoms. The highest BCUT2D eigenvalue weighted by Gasteiger charge is 2.18. The summed E-state index contributed by atoms with van der Waals surface area (Å²) >= 11 is 0. The summed E-state index contributed by atoms with van der Waals surface area (Å²) in [4.78, 5) is 0. The van der Waals surface area contributed by atoms with E-state index in [2.05, 4.69) is 6.07 Å². The van der Waals surface area contributed by atoms with E-state index in [0.29, 0.717) is 5.56 Å². The Morgan fingerprint density at radius 1 is 1.31 bits per heavy atom. The molecule has 13 heavy (non-hydrogen) atoms. The Labute approximate surface area is 78.4 Å². The monoisotopic (exact) mass is 175 g/mol. The predicted molar refractivity (Wildman–Crippen MR) is 51.5 cm³/mol. The Morgan fingerprint density at radius 3 is 2.38 bits per heavy atom. The van der Waals surface area contributed by atoms with E-state index in [9.17, 15) is 5.11 Å². The number of phenolic OH excluding ortho intramolecular Hbond substituents is 1. The zero-order valence-electron chi connectivity index (χ0n) is 8.13. The van der Waals surface area contributed by atoms with Crippen molar-refractivity contribution in [2.24, 2.45) is 0 Å². The molecule has 0 spiro atoms. The summed E-state index contributed by atoms with van der Waals surface area (Å²) in [7, 11) is 0. The van der Waals surface area contributed by atoms with E-state index in [1.807, 2.05) is 20.8 Å². The Bertz CT molecular complexity index is 355. The number of phenols is 1. The van der Waals surface area contributed by atoms with Crippen LogP contribution in [0.3, 0.4) is 0 Å². The van der Waals surface area contributed by atoms with Gasteiger partial charge in [-0.3, -0.25) is 0 Å². The third kappa shape index (κ3) is 2.00. The Hall–Kier alpha value is -1.49. The average Bonchev–Trinajstić information content (AvgIpc) is 2.03. The van der Waals surface area contributed by atoms with Gasteiger partial charge in [0.25, 0.3) is 0 Å². The lowest BCUT2D eigenvalue weighted by Gasteiger charge is -2.20. The minimum Gasteiger partial charge on any atom is -0.508 e. The van der Waals surface area contributed by atoms with E-state index >= 15 is 0 Å². The van der Waals surface area contributed by atoms with E-state index in [0.717, 1.165) is 5.56 Å². The van der Waals surface area contributed by atoms with Crippen molar-refractivity contribution >= 4 is 0 Å². The highest BCUT2D eigenvalue weighted by Crippen LogP contribution is 2.30. The van der Waals surface area contributed by atoms with Gasteiger partial charge in [0.2, 0.25) is 0 Å². The summed E-state index contributed by atoms with van der Waals surface area (Å²) in [6.45, 7) is 6.01. The van der Waals surface area contributed by atoms with Crippen LogP contribution < -0.4 is 0 Å². The Kier molecular flexibility index (Phi) is 2.29. The molecule has 68 valence electrons. The molecular formula is C11H13NO. The van der Waals surface area contributed by atoms with Gasteiger partial charge in [-0.2, -0.15) is 5.26 Å². The maximum atomic E-state index is 9.56. The molecule has 0 saturated heterocycles. The van der Waals surface area contributed by atoms with Gasteiger partial charge < -0.3 is 5.11 Å². The standard InChI is InChI=1S/C11H13NO/c1-11(2,3)9-6-8(7-12)4-5-10(9)13/h4-6,13H,1-3H3. The van der Waals surface area contributed by atoms with Crippen LogP contribution in [0.25, 0.3) is 0 Å². The fraction of sp³-hybridized carbons (Fsp3) is 0.364. The van der Waals surface area contributed by atoms with Crippen molar-refractivity contribution in [3.8, 4) is 11.8 Å². The second kappa shape index (κ2) is 3.10. The zero-order valence-corrected chi connectivity index (χ0v) is 8.13. The average molecular weight is 175 g/mol. The van der Waals surface area contributed by atoms with E-state index in [4.69, 9.17) is 5.26 Å². The fourth-order valence-corrected chi connectivity index (χ4v) is 1.21. The van der Waals surface area contributed by atoms with Crippen LogP contribution in [-0.4, -0.2) is 5.11 Å². The van der Waals surface area contributed by atoms with Crippen molar-refractivity contribution < 1.29 is 5.11 Å². The van der Waals surface area contributed by atoms with Gasteiger partial charge in [-0.05, 0) is 23.6 Å². The SMILES string of the molecule is CC(C)(C)c1cc(C#N)ccc1O. The van der Waals surface area contributed by atoms with E-state index in [1.165, 1.54) is 0 Å². The number of nitriles is 1. The van der Waals surface area contributed by atoms with Gasteiger partial charge in [-0.1, -0.05) is 20.8 Å². The predicted octanol–water partition coefficient (Wildman–Crippen LogP) is 2.56. The van der Waals surface area contributed by atoms with E-state index < -0.39 is 0 Å². The normalized spacial score (nSPS) is 10.9. The van der Waals surface area contributed by atoms with Crippen LogP contribution in [0.2, 0.25) is 0 Å². The molecule has 0 aliphatic carbocycles. The van der Waals surface area contributed by atoms with Crippen molar-refractivity contribution in [1.29, 1.82) is 5.26 Å². The molecule has 1 aromatic rings. The number of aromatic hydroxyl groups is 1. The lowest BCUT2D eigenvalue weighted by atomic mass is 9.85. The van der Waals surface area contributed by atoms with Crippen molar-refractivity contribution in [3.05, 3.63) is 29.3 Å². The molecule has 0 atom stereocenters. The van der Waals surface area contributed by atoms with Gasteiger partial charge in [-0.25, -0.2) is 0 Å². The first kappa shape index (κ1) is 9.60. The number of nitrogens with zero attached hydrogens (tertiary/aromatic N) is 1. The Balaban J connectivity index is 3.29. The number of benzene rings is 1. The second-order valence-electron chi connectivity index (χ2n) is 4.09. The molecule has 1 N–H and O–H groups in total. The van der Waals surface area contributed by atoms with Crippen molar-refractivity contribution in [2.45, 2.75) is 26.2 Å². The first-order valence-corrected chi connectivity index (χ1v) is 4.19. The molecule has 0 aliphatic heterocycles. The lowest BCUT2D eigenvalue weighted by Crippen LogP contribution is -2.11. The van der Waals surface area contributed by atoms with Crippen LogP contribution in [-0.2, 0) is 5.41 Å². The molecule has 1 rings (SSSR count). The van der Waals surface area contributed by atoms with E-state index in [1.54, 1.807) is 18.2 Å². The van der Waals surface area contributed by atoms with Crippen molar-refractivity contribution in [3.63, 3.8) is 0 Å². The van der Waals surface area contributed by atoms with Crippen LogP contribution >= 0.6 is 0 Å². The first-order chi connectivity index (χ1) is 5.95. The van der Waals surface area contributed by atoms with Crippen molar-refractivity contribution in [1.82, 2.24) is 0 Å². The summed E-state index contributed by atoms with van der Waals surface area (Å²) in [6.07, 6.45) is 0. The number of hydrogen-bond donors (Lipinski definition) is 1. The topological polar surface area (TPSA) is 44.0 Å². The minimum atomic E-state index is -0.128. The van der Waals surface area contributed by atoms with Crippen LogP contribution in [0.4, 0.5) is 0 Å². The molecule has 0 aliphatic rings. The maximum Gasteiger partial charge on any atom is 0.119 e. The molecule has 0 saturated carbocycles. The minimum absolute atomic E-state index is 0.128. The molecule has 0 fully saturated rings. The van der Waals surface area contributed by atoms with Gasteiger partial charge in [0.15, 0.2) is 0 Å². The summed E-state index contributed by atoms with van der Waals surface area (Å²) in [5, 5.41) is 18.2. The molecule has 0 amide bonds. The van der Waals surface area contributed by atoms with Gasteiger partial charge in [-0.15, -0.1) is 0 Å². The van der Waals surface area contributed by atoms with Gasteiger partial charge >= 0.3 is 0 Å². The molecule has 2 nitrogen and oxygen atoms in total. The maximum absolute atomic E-state index is 9.56.